The Bertz CT molecular complexity index is 1310. The fourth-order valence-electron chi connectivity index (χ4n) is 4.53. The minimum absolute atomic E-state index is 0.0363. The zero-order chi connectivity index (χ0) is 27.3. The lowest BCUT2D eigenvalue weighted by Crippen LogP contribution is -2.36. The van der Waals surface area contributed by atoms with E-state index in [0.717, 1.165) is 63.0 Å². The zero-order valence-electron chi connectivity index (χ0n) is 22.0. The molecule has 0 bridgehead atoms. The molecular formula is C28H35N8O3+. The number of H-pyrrole nitrogens is 1. The summed E-state index contributed by atoms with van der Waals surface area (Å²) in [7, 11) is 0. The van der Waals surface area contributed by atoms with Gasteiger partial charge in [0.05, 0.1) is 0 Å². The van der Waals surface area contributed by atoms with Crippen molar-refractivity contribution in [3.8, 4) is 11.9 Å². The Hall–Kier alpha value is -4.30. The molecule has 11 nitrogen and oxygen atoms in total. The van der Waals surface area contributed by atoms with Gasteiger partial charge in [-0.2, -0.15) is 5.26 Å². The van der Waals surface area contributed by atoms with Crippen LogP contribution in [0, 0.1) is 16.2 Å². The monoisotopic (exact) mass is 531 g/mol. The minimum Gasteiger partial charge on any atom is -0.476 e. The maximum Gasteiger partial charge on any atom is 0.354 e. The Labute approximate surface area is 227 Å². The number of fused-ring (bicyclic) bond motifs is 1. The summed E-state index contributed by atoms with van der Waals surface area (Å²) < 4.78 is 6.35. The number of aryl methyl sites for hydroxylation is 2. The molecule has 0 saturated carbocycles. The number of rotatable bonds is 15. The second-order valence-corrected chi connectivity index (χ2v) is 9.45. The van der Waals surface area contributed by atoms with E-state index in [2.05, 4.69) is 37.6 Å². The molecular weight excluding hydrogens is 496 g/mol. The van der Waals surface area contributed by atoms with E-state index >= 15 is 0 Å². The number of ether oxygens (including phenoxy) is 1. The molecule has 4 heterocycles. The fraction of sp³-hybridized carbons (Fsp3) is 0.429. The summed E-state index contributed by atoms with van der Waals surface area (Å²) in [6.45, 7) is 3.53. The Kier molecular flexibility index (Phi) is 10.4. The van der Waals surface area contributed by atoms with Gasteiger partial charge in [0.25, 0.3) is 0 Å². The van der Waals surface area contributed by atoms with Crippen molar-refractivity contribution in [1.82, 2.24) is 19.9 Å². The number of carbonyl (C=O) groups is 1. The molecule has 3 N–H and O–H groups in total. The molecule has 1 atom stereocenters. The van der Waals surface area contributed by atoms with Crippen molar-refractivity contribution in [3.05, 3.63) is 70.8 Å². The highest BCUT2D eigenvalue weighted by molar-refractivity contribution is 5.63. The van der Waals surface area contributed by atoms with Gasteiger partial charge in [0, 0.05) is 54.6 Å². The summed E-state index contributed by atoms with van der Waals surface area (Å²) in [6.07, 6.45) is 10.6. The van der Waals surface area contributed by atoms with E-state index in [0.29, 0.717) is 36.4 Å². The molecule has 1 aliphatic heterocycles. The number of aromatic nitrogens is 4. The van der Waals surface area contributed by atoms with Crippen LogP contribution in [0.15, 0.2) is 48.9 Å². The van der Waals surface area contributed by atoms with Crippen LogP contribution in [-0.2, 0) is 17.6 Å². The normalized spacial score (nSPS) is 13.1. The van der Waals surface area contributed by atoms with Crippen LogP contribution in [0.25, 0.3) is 0 Å². The second-order valence-electron chi connectivity index (χ2n) is 9.45. The predicted octanol–water partition coefficient (Wildman–Crippen LogP) is 2.72. The first-order chi connectivity index (χ1) is 19.2. The van der Waals surface area contributed by atoms with Gasteiger partial charge in [-0.25, -0.2) is 9.97 Å². The highest BCUT2D eigenvalue weighted by Gasteiger charge is 2.21. The number of aromatic amines is 1. The molecule has 0 fully saturated rings. The molecule has 0 amide bonds. The molecule has 204 valence electrons. The molecule has 0 aromatic carbocycles. The number of aldehydes is 1. The largest absolute Gasteiger partial charge is 0.476 e. The number of carbonyl (C=O) groups excluding carboxylic acids is 1. The third-order valence-electron chi connectivity index (χ3n) is 6.65. The number of pyridine rings is 2. The number of nitrogens with one attached hydrogen (secondary N) is 3. The first-order valence-corrected chi connectivity index (χ1v) is 13.4. The standard InChI is InChI=1S/C28H35N8O3/c29-20-25-28(36(38)17-14-30-25)34-24(21-37)11-16-35(18-19-39-26-8-1-3-12-31-26)15-4-2-7-23-10-9-22-6-5-13-32-27(22)33-23/h1,3,8-10,12,14,17,21,24,34H,2,4-7,11,13,15-16,18-19H2,(H,30,38)(H,32,33)/q+1/t24-/m0/s1. The van der Waals surface area contributed by atoms with E-state index in [1.165, 1.54) is 18.0 Å². The van der Waals surface area contributed by atoms with E-state index in [-0.39, 0.29) is 11.5 Å². The number of hydrogen-bond acceptors (Lipinski definition) is 9. The summed E-state index contributed by atoms with van der Waals surface area (Å²) >= 11 is 0. The van der Waals surface area contributed by atoms with E-state index in [4.69, 9.17) is 9.72 Å². The molecule has 3 aromatic rings. The molecule has 39 heavy (non-hydrogen) atoms. The highest BCUT2D eigenvalue weighted by Crippen LogP contribution is 2.20. The van der Waals surface area contributed by atoms with Gasteiger partial charge in [0.2, 0.25) is 11.6 Å². The smallest absolute Gasteiger partial charge is 0.354 e. The third kappa shape index (κ3) is 8.35. The molecule has 0 unspecified atom stereocenters. The van der Waals surface area contributed by atoms with E-state index in [9.17, 15) is 15.0 Å². The minimum atomic E-state index is -0.625. The van der Waals surface area contributed by atoms with Gasteiger partial charge in [0.15, 0.2) is 18.5 Å². The SMILES string of the molecule is N#Cc1[nH]cc[n+](=O)c1N[C@H](C=O)CCN(CCCCc1ccc2c(n1)NCCC2)CCOc1ccccn1. The lowest BCUT2D eigenvalue weighted by molar-refractivity contribution is -0.479. The van der Waals surface area contributed by atoms with Crippen molar-refractivity contribution in [3.63, 3.8) is 0 Å². The van der Waals surface area contributed by atoms with Crippen LogP contribution in [0.4, 0.5) is 11.6 Å². The topological polar surface area (TPSA) is 142 Å². The second kappa shape index (κ2) is 14.6. The van der Waals surface area contributed by atoms with Gasteiger partial charge in [0.1, 0.15) is 18.5 Å². The summed E-state index contributed by atoms with van der Waals surface area (Å²) in [4.78, 5) is 38.0. The van der Waals surface area contributed by atoms with Gasteiger partial charge in [-0.3, -0.25) is 15.0 Å². The van der Waals surface area contributed by atoms with Crippen LogP contribution >= 0.6 is 0 Å². The summed E-state index contributed by atoms with van der Waals surface area (Å²) in [6, 6.07) is 11.2. The van der Waals surface area contributed by atoms with Gasteiger partial charge in [-0.15, -0.1) is 0 Å². The van der Waals surface area contributed by atoms with Crippen LogP contribution in [0.5, 0.6) is 5.88 Å². The Morgan fingerprint density at radius 3 is 2.97 bits per heavy atom. The van der Waals surface area contributed by atoms with E-state index < -0.39 is 6.04 Å². The molecule has 11 heteroatoms. The maximum atomic E-state index is 12.2. The van der Waals surface area contributed by atoms with Crippen molar-refractivity contribution in [2.24, 2.45) is 0 Å². The summed E-state index contributed by atoms with van der Waals surface area (Å²) in [5.41, 5.74) is 2.46. The van der Waals surface area contributed by atoms with E-state index in [1.807, 2.05) is 24.3 Å². The van der Waals surface area contributed by atoms with Crippen molar-refractivity contribution in [2.45, 2.75) is 44.6 Å². The Balaban J connectivity index is 1.31. The van der Waals surface area contributed by atoms with Crippen molar-refractivity contribution < 1.29 is 14.0 Å². The van der Waals surface area contributed by atoms with Crippen LogP contribution in [0.3, 0.4) is 0 Å². The molecule has 0 radical (unpaired) electrons. The molecule has 0 spiro atoms. The quantitative estimate of drug-likeness (QED) is 0.153. The zero-order valence-corrected chi connectivity index (χ0v) is 22.0. The van der Waals surface area contributed by atoms with Crippen LogP contribution in [0.2, 0.25) is 0 Å². The van der Waals surface area contributed by atoms with Gasteiger partial charge in [-0.1, -0.05) is 17.0 Å². The van der Waals surface area contributed by atoms with Crippen molar-refractivity contribution >= 4 is 17.9 Å². The lowest BCUT2D eigenvalue weighted by Gasteiger charge is -2.23. The van der Waals surface area contributed by atoms with Crippen LogP contribution in [0.1, 0.15) is 42.6 Å². The Morgan fingerprint density at radius 1 is 1.23 bits per heavy atom. The summed E-state index contributed by atoms with van der Waals surface area (Å²) in [5, 5.41) is 15.6. The average Bonchev–Trinajstić information content (AvgIpc) is 2.98. The molecule has 0 aliphatic carbocycles. The maximum absolute atomic E-state index is 12.2. The van der Waals surface area contributed by atoms with Gasteiger partial charge >= 0.3 is 5.82 Å². The third-order valence-corrected chi connectivity index (χ3v) is 6.65. The number of nitriles is 1. The predicted molar refractivity (Wildman–Crippen MR) is 147 cm³/mol. The first-order valence-electron chi connectivity index (χ1n) is 13.4. The van der Waals surface area contributed by atoms with Gasteiger partial charge in [-0.05, 0) is 56.3 Å². The molecule has 1 aliphatic rings. The van der Waals surface area contributed by atoms with Crippen LogP contribution < -0.4 is 19.8 Å². The Morgan fingerprint density at radius 2 is 2.15 bits per heavy atom. The van der Waals surface area contributed by atoms with Gasteiger partial charge < -0.3 is 15.0 Å². The molecule has 0 saturated heterocycles. The van der Waals surface area contributed by atoms with Crippen molar-refractivity contribution in [2.75, 3.05) is 43.4 Å². The van der Waals surface area contributed by atoms with Crippen molar-refractivity contribution in [1.29, 1.82) is 5.26 Å². The number of hydrogen-bond donors (Lipinski definition) is 3. The highest BCUT2D eigenvalue weighted by atomic mass is 16.5. The molecule has 4 rings (SSSR count). The number of unbranched alkanes of at least 4 members (excludes halogenated alkanes) is 1. The number of nitrogens with zero attached hydrogens (tertiary/aromatic N) is 5. The first kappa shape index (κ1) is 27.7. The van der Waals surface area contributed by atoms with E-state index in [1.54, 1.807) is 6.20 Å². The van der Waals surface area contributed by atoms with Crippen LogP contribution in [-0.4, -0.2) is 65.0 Å². The number of anilines is 2. The fourth-order valence-corrected chi connectivity index (χ4v) is 4.53. The summed E-state index contributed by atoms with van der Waals surface area (Å²) in [5.74, 6) is 1.63. The molecule has 3 aromatic heterocycles. The average molecular weight is 532 g/mol. The lowest BCUT2D eigenvalue weighted by atomic mass is 10.1.